The SMILES string of the molecule is COCCNC(=O)[C@@H](c1ccc(C)cc1)N(C(=O)CCC(=O)Nc1nccs1)C1CCCCC1. The minimum absolute atomic E-state index is 0.0292. The Bertz CT molecular complexity index is 927. The predicted octanol–water partition coefficient (Wildman–Crippen LogP) is 3.84. The zero-order valence-corrected chi connectivity index (χ0v) is 20.7. The summed E-state index contributed by atoms with van der Waals surface area (Å²) in [5.74, 6) is -0.677. The number of aryl methyl sites for hydroxylation is 1. The van der Waals surface area contributed by atoms with Crippen LogP contribution in [0.25, 0.3) is 0 Å². The van der Waals surface area contributed by atoms with Gasteiger partial charge in [0.15, 0.2) is 5.13 Å². The van der Waals surface area contributed by atoms with Gasteiger partial charge in [-0.05, 0) is 25.3 Å². The molecule has 1 saturated carbocycles. The van der Waals surface area contributed by atoms with Gasteiger partial charge in [0.05, 0.1) is 6.61 Å². The van der Waals surface area contributed by atoms with E-state index in [4.69, 9.17) is 4.74 Å². The summed E-state index contributed by atoms with van der Waals surface area (Å²) in [4.78, 5) is 45.2. The van der Waals surface area contributed by atoms with E-state index in [1.807, 2.05) is 31.2 Å². The van der Waals surface area contributed by atoms with Crippen LogP contribution >= 0.6 is 11.3 Å². The molecule has 1 aliphatic rings. The second kappa shape index (κ2) is 13.2. The lowest BCUT2D eigenvalue weighted by Gasteiger charge is -2.39. The van der Waals surface area contributed by atoms with Crippen LogP contribution in [0.3, 0.4) is 0 Å². The second-order valence-electron chi connectivity index (χ2n) is 8.58. The fraction of sp³-hybridized carbons (Fsp3) is 0.520. The molecule has 0 spiro atoms. The molecule has 2 N–H and O–H groups in total. The van der Waals surface area contributed by atoms with Crippen molar-refractivity contribution in [2.45, 2.75) is 64.0 Å². The third-order valence-electron chi connectivity index (χ3n) is 6.03. The number of aromatic nitrogens is 1. The van der Waals surface area contributed by atoms with E-state index >= 15 is 0 Å². The van der Waals surface area contributed by atoms with Gasteiger partial charge >= 0.3 is 0 Å². The van der Waals surface area contributed by atoms with Crippen molar-refractivity contribution in [2.24, 2.45) is 0 Å². The number of carbonyl (C=O) groups is 3. The molecule has 1 atom stereocenters. The molecule has 1 fully saturated rings. The number of hydrogen-bond donors (Lipinski definition) is 2. The summed E-state index contributed by atoms with van der Waals surface area (Å²) < 4.78 is 5.08. The number of anilines is 1. The summed E-state index contributed by atoms with van der Waals surface area (Å²) in [7, 11) is 1.58. The van der Waals surface area contributed by atoms with Crippen LogP contribution in [0.2, 0.25) is 0 Å². The van der Waals surface area contributed by atoms with Crippen molar-refractivity contribution in [3.05, 3.63) is 47.0 Å². The number of carbonyl (C=O) groups excluding carboxylic acids is 3. The second-order valence-corrected chi connectivity index (χ2v) is 9.47. The smallest absolute Gasteiger partial charge is 0.247 e. The number of hydrogen-bond acceptors (Lipinski definition) is 6. The first-order valence-electron chi connectivity index (χ1n) is 11.8. The summed E-state index contributed by atoms with van der Waals surface area (Å²) in [5.41, 5.74) is 1.85. The van der Waals surface area contributed by atoms with E-state index < -0.39 is 6.04 Å². The molecule has 1 heterocycles. The lowest BCUT2D eigenvalue weighted by Crippen LogP contribution is -2.49. The maximum Gasteiger partial charge on any atom is 0.247 e. The maximum absolute atomic E-state index is 13.6. The summed E-state index contributed by atoms with van der Waals surface area (Å²) in [6, 6.07) is 6.94. The van der Waals surface area contributed by atoms with Gasteiger partial charge in [-0.1, -0.05) is 49.1 Å². The van der Waals surface area contributed by atoms with Crippen LogP contribution in [0.1, 0.15) is 62.1 Å². The van der Waals surface area contributed by atoms with Crippen LogP contribution < -0.4 is 10.6 Å². The van der Waals surface area contributed by atoms with Crippen LogP contribution in [-0.2, 0) is 19.1 Å². The van der Waals surface area contributed by atoms with Crippen LogP contribution in [0.15, 0.2) is 35.8 Å². The summed E-state index contributed by atoms with van der Waals surface area (Å²) in [6.07, 6.45) is 6.55. The number of benzene rings is 1. The molecule has 1 aromatic carbocycles. The Kier molecular flexibility index (Phi) is 10.0. The van der Waals surface area contributed by atoms with Gasteiger partial charge in [0.25, 0.3) is 0 Å². The molecule has 8 nitrogen and oxygen atoms in total. The average Bonchev–Trinajstić information content (AvgIpc) is 3.35. The number of thiazole rings is 1. The van der Waals surface area contributed by atoms with Crippen LogP contribution in [-0.4, -0.2) is 53.9 Å². The van der Waals surface area contributed by atoms with E-state index in [0.717, 1.165) is 43.2 Å². The van der Waals surface area contributed by atoms with E-state index in [1.54, 1.807) is 23.6 Å². The lowest BCUT2D eigenvalue weighted by atomic mass is 9.91. The highest BCUT2D eigenvalue weighted by atomic mass is 32.1. The van der Waals surface area contributed by atoms with Gasteiger partial charge in [0, 0.05) is 44.1 Å². The normalized spacial score (nSPS) is 14.9. The molecule has 0 bridgehead atoms. The Morgan fingerprint density at radius 2 is 1.88 bits per heavy atom. The largest absolute Gasteiger partial charge is 0.383 e. The molecular formula is C25H34N4O4S. The van der Waals surface area contributed by atoms with Crippen molar-refractivity contribution in [2.75, 3.05) is 25.6 Å². The third-order valence-corrected chi connectivity index (χ3v) is 6.71. The van der Waals surface area contributed by atoms with Gasteiger partial charge in [-0.3, -0.25) is 14.4 Å². The Balaban J connectivity index is 1.82. The van der Waals surface area contributed by atoms with Crippen LogP contribution in [0, 0.1) is 6.92 Å². The van der Waals surface area contributed by atoms with Gasteiger partial charge in [-0.15, -0.1) is 11.3 Å². The fourth-order valence-electron chi connectivity index (χ4n) is 4.29. The third kappa shape index (κ3) is 7.36. The molecule has 1 aromatic heterocycles. The van der Waals surface area contributed by atoms with Crippen LogP contribution in [0.5, 0.6) is 0 Å². The molecule has 0 aliphatic heterocycles. The van der Waals surface area contributed by atoms with Crippen molar-refractivity contribution >= 4 is 34.2 Å². The highest BCUT2D eigenvalue weighted by Gasteiger charge is 2.36. The molecule has 184 valence electrons. The Labute approximate surface area is 205 Å². The Hall–Kier alpha value is -2.78. The maximum atomic E-state index is 13.6. The molecule has 3 amide bonds. The zero-order chi connectivity index (χ0) is 24.3. The first-order chi connectivity index (χ1) is 16.5. The number of ether oxygens (including phenoxy) is 1. The fourth-order valence-corrected chi connectivity index (χ4v) is 4.84. The van der Waals surface area contributed by atoms with Crippen LogP contribution in [0.4, 0.5) is 5.13 Å². The molecule has 2 aromatic rings. The minimum atomic E-state index is -0.755. The van der Waals surface area contributed by atoms with Crippen molar-refractivity contribution in [3.63, 3.8) is 0 Å². The summed E-state index contributed by atoms with van der Waals surface area (Å²) in [5, 5.41) is 7.93. The van der Waals surface area contributed by atoms with Gasteiger partial charge in [-0.25, -0.2) is 4.98 Å². The van der Waals surface area contributed by atoms with E-state index in [-0.39, 0.29) is 36.6 Å². The summed E-state index contributed by atoms with van der Waals surface area (Å²) in [6.45, 7) is 2.74. The van der Waals surface area contributed by atoms with Crippen molar-refractivity contribution in [3.8, 4) is 0 Å². The first kappa shape index (κ1) is 25.8. The minimum Gasteiger partial charge on any atom is -0.383 e. The topological polar surface area (TPSA) is 101 Å². The number of amides is 3. The van der Waals surface area contributed by atoms with Gasteiger partial charge in [0.2, 0.25) is 17.7 Å². The quantitative estimate of drug-likeness (QED) is 0.470. The van der Waals surface area contributed by atoms with Gasteiger partial charge in [-0.2, -0.15) is 0 Å². The van der Waals surface area contributed by atoms with E-state index in [0.29, 0.717) is 18.3 Å². The van der Waals surface area contributed by atoms with Crippen molar-refractivity contribution in [1.29, 1.82) is 0 Å². The van der Waals surface area contributed by atoms with E-state index in [1.165, 1.54) is 11.3 Å². The predicted molar refractivity (Wildman–Crippen MR) is 133 cm³/mol. The number of methoxy groups -OCH3 is 1. The molecule has 34 heavy (non-hydrogen) atoms. The molecule has 0 unspecified atom stereocenters. The Morgan fingerprint density at radius 3 is 2.53 bits per heavy atom. The number of rotatable bonds is 11. The molecule has 3 rings (SSSR count). The van der Waals surface area contributed by atoms with Crippen molar-refractivity contribution in [1.82, 2.24) is 15.2 Å². The zero-order valence-electron chi connectivity index (χ0n) is 19.9. The first-order valence-corrected chi connectivity index (χ1v) is 12.7. The number of nitrogens with zero attached hydrogens (tertiary/aromatic N) is 2. The molecule has 0 saturated heterocycles. The number of nitrogens with one attached hydrogen (secondary N) is 2. The molecule has 0 radical (unpaired) electrons. The van der Waals surface area contributed by atoms with Gasteiger partial charge < -0.3 is 20.3 Å². The average molecular weight is 487 g/mol. The summed E-state index contributed by atoms with van der Waals surface area (Å²) >= 11 is 1.33. The van der Waals surface area contributed by atoms with E-state index in [9.17, 15) is 14.4 Å². The van der Waals surface area contributed by atoms with Gasteiger partial charge in [0.1, 0.15) is 6.04 Å². The standard InChI is InChI=1S/C25H34N4O4S/c1-18-8-10-19(11-9-18)23(24(32)26-14-16-33-2)29(20-6-4-3-5-7-20)22(31)13-12-21(30)28-25-27-15-17-34-25/h8-11,15,17,20,23H,3-7,12-14,16H2,1-2H3,(H,26,32)(H,27,28,30)/t23-/m1/s1. The molecule has 1 aliphatic carbocycles. The molecule has 9 heteroatoms. The van der Waals surface area contributed by atoms with E-state index in [2.05, 4.69) is 15.6 Å². The molecular weight excluding hydrogens is 452 g/mol. The Morgan fingerprint density at radius 1 is 1.15 bits per heavy atom. The monoisotopic (exact) mass is 486 g/mol. The highest BCUT2D eigenvalue weighted by molar-refractivity contribution is 7.13. The lowest BCUT2D eigenvalue weighted by molar-refractivity contribution is -0.145. The highest BCUT2D eigenvalue weighted by Crippen LogP contribution is 2.32. The van der Waals surface area contributed by atoms with Crippen molar-refractivity contribution < 1.29 is 19.1 Å².